The number of H-pyrrole nitrogens is 1. The van der Waals surface area contributed by atoms with E-state index in [1.165, 1.54) is 0 Å². The highest BCUT2D eigenvalue weighted by Gasteiger charge is 2.38. The Morgan fingerprint density at radius 3 is 2.59 bits per heavy atom. The molecule has 1 fully saturated rings. The molecule has 0 bridgehead atoms. The zero-order valence-corrected chi connectivity index (χ0v) is 20.3. The number of halogens is 3. The number of hydrogen-bond donors (Lipinski definition) is 3. The number of benzene rings is 2. The molecule has 37 heavy (non-hydrogen) atoms. The Morgan fingerprint density at radius 2 is 1.86 bits per heavy atom. The minimum atomic E-state index is -5.08. The summed E-state index contributed by atoms with van der Waals surface area (Å²) in [6, 6.07) is 16.4. The number of alkyl halides is 3. The molecular weight excluding hydrogens is 489 g/mol. The number of carboxylic acids is 1. The molecule has 1 aromatic heterocycles. The number of anilines is 1. The first-order valence-electron chi connectivity index (χ1n) is 12.1. The third kappa shape index (κ3) is 6.52. The van der Waals surface area contributed by atoms with Crippen molar-refractivity contribution in [2.75, 3.05) is 18.6 Å². The lowest BCUT2D eigenvalue weighted by molar-refractivity contribution is -0.192. The van der Waals surface area contributed by atoms with E-state index in [2.05, 4.69) is 21.3 Å². The van der Waals surface area contributed by atoms with Crippen LogP contribution in [0.15, 0.2) is 48.5 Å². The van der Waals surface area contributed by atoms with Crippen molar-refractivity contribution in [1.82, 2.24) is 15.3 Å². The quantitative estimate of drug-likeness (QED) is 0.465. The van der Waals surface area contributed by atoms with Gasteiger partial charge in [0.15, 0.2) is 0 Å². The van der Waals surface area contributed by atoms with Crippen LogP contribution in [0.1, 0.15) is 43.8 Å². The molecule has 3 N–H and O–H groups in total. The topological polar surface area (TPSA) is 108 Å². The van der Waals surface area contributed by atoms with Crippen LogP contribution >= 0.6 is 0 Å². The highest BCUT2D eigenvalue weighted by molar-refractivity contribution is 5.78. The van der Waals surface area contributed by atoms with Gasteiger partial charge in [-0.2, -0.15) is 13.2 Å². The summed E-state index contributed by atoms with van der Waals surface area (Å²) in [6.45, 7) is 0.535. The molecule has 2 heterocycles. The Bertz CT molecular complexity index is 1210. The number of amides is 1. The molecule has 1 aliphatic carbocycles. The first-order valence-corrected chi connectivity index (χ1v) is 12.1. The predicted octanol–water partition coefficient (Wildman–Crippen LogP) is 4.63. The number of likely N-dealkylation sites (N-methyl/N-ethyl adjacent to an activating group) is 1. The maximum Gasteiger partial charge on any atom is 0.490 e. The van der Waals surface area contributed by atoms with Gasteiger partial charge in [0.25, 0.3) is 0 Å². The summed E-state index contributed by atoms with van der Waals surface area (Å²) in [5, 5.41) is 10.4. The smallest absolute Gasteiger partial charge is 0.489 e. The second kappa shape index (κ2) is 11.1. The number of carboxylic acid groups (broad SMARTS) is 1. The number of fused-ring (bicyclic) bond motifs is 2. The fourth-order valence-electron chi connectivity index (χ4n) is 4.80. The molecule has 3 aromatic rings. The zero-order valence-electron chi connectivity index (χ0n) is 20.3. The lowest BCUT2D eigenvalue weighted by Crippen LogP contribution is -2.46. The molecule has 1 amide bonds. The lowest BCUT2D eigenvalue weighted by atomic mass is 9.85. The number of imidazole rings is 1. The summed E-state index contributed by atoms with van der Waals surface area (Å²) in [5.74, 6) is -0.355. The number of carbonyl (C=O) groups is 2. The van der Waals surface area contributed by atoms with Crippen LogP contribution in [0, 0.1) is 0 Å². The molecule has 3 atom stereocenters. The van der Waals surface area contributed by atoms with Gasteiger partial charge in [-0.3, -0.25) is 4.79 Å². The molecule has 0 spiro atoms. The van der Waals surface area contributed by atoms with Crippen LogP contribution in [0.4, 0.5) is 18.9 Å². The van der Waals surface area contributed by atoms with Crippen molar-refractivity contribution in [3.63, 3.8) is 0 Å². The van der Waals surface area contributed by atoms with Crippen molar-refractivity contribution in [2.45, 2.75) is 56.3 Å². The monoisotopic (exact) mass is 518 g/mol. The average Bonchev–Trinajstić information content (AvgIpc) is 3.30. The SMILES string of the molecule is CN1c2ccccc2OCC1CC(=O)NC1CCCC(c2nc3ccccc3[nH]2)C1.O=C(O)C(F)(F)F. The van der Waals surface area contributed by atoms with E-state index in [0.717, 1.165) is 54.0 Å². The standard InChI is InChI=1S/C24H28N4O2.C2HF3O2/c1-28-18(15-30-22-12-5-4-11-21(22)28)14-23(29)25-17-8-6-7-16(13-17)24-26-19-9-2-3-10-20(19)27-24;3-2(4,5)1(6)7/h2-5,9-12,16-18H,6-8,13-15H2,1H3,(H,25,29)(H,26,27);(H,6,7). The first-order chi connectivity index (χ1) is 17.6. The van der Waals surface area contributed by atoms with E-state index in [1.807, 2.05) is 49.5 Å². The Balaban J connectivity index is 0.000000405. The van der Waals surface area contributed by atoms with E-state index in [4.69, 9.17) is 19.6 Å². The van der Waals surface area contributed by atoms with Crippen LogP contribution < -0.4 is 15.0 Å². The summed E-state index contributed by atoms with van der Waals surface area (Å²) in [6.07, 6.45) is -0.459. The fraction of sp³-hybridized carbons (Fsp3) is 0.423. The van der Waals surface area contributed by atoms with Gasteiger partial charge in [-0.05, 0) is 43.5 Å². The van der Waals surface area contributed by atoms with Gasteiger partial charge in [0.2, 0.25) is 5.91 Å². The van der Waals surface area contributed by atoms with Crippen LogP contribution in [0.25, 0.3) is 11.0 Å². The van der Waals surface area contributed by atoms with Gasteiger partial charge in [0.1, 0.15) is 18.2 Å². The fourth-order valence-corrected chi connectivity index (χ4v) is 4.80. The van der Waals surface area contributed by atoms with E-state index in [9.17, 15) is 18.0 Å². The van der Waals surface area contributed by atoms with E-state index in [-0.39, 0.29) is 18.0 Å². The molecule has 1 saturated carbocycles. The highest BCUT2D eigenvalue weighted by Crippen LogP contribution is 2.34. The van der Waals surface area contributed by atoms with Crippen molar-refractivity contribution in [2.24, 2.45) is 0 Å². The number of aromatic nitrogens is 2. The van der Waals surface area contributed by atoms with Crippen molar-refractivity contribution >= 4 is 28.6 Å². The minimum absolute atomic E-state index is 0.0506. The summed E-state index contributed by atoms with van der Waals surface area (Å²) < 4.78 is 37.6. The van der Waals surface area contributed by atoms with Gasteiger partial charge in [-0.15, -0.1) is 0 Å². The Labute approximate surface area is 211 Å². The Hall–Kier alpha value is -3.76. The molecule has 1 aliphatic heterocycles. The molecule has 5 rings (SSSR count). The van der Waals surface area contributed by atoms with Gasteiger partial charge in [0.05, 0.1) is 29.2 Å². The zero-order chi connectivity index (χ0) is 26.6. The number of para-hydroxylation sites is 4. The van der Waals surface area contributed by atoms with Crippen LogP contribution in [-0.4, -0.2) is 58.9 Å². The molecule has 198 valence electrons. The highest BCUT2D eigenvalue weighted by atomic mass is 19.4. The Morgan fingerprint density at radius 1 is 1.16 bits per heavy atom. The van der Waals surface area contributed by atoms with Gasteiger partial charge < -0.3 is 25.0 Å². The normalized spacial score (nSPS) is 21.3. The molecule has 0 radical (unpaired) electrons. The van der Waals surface area contributed by atoms with Crippen LogP contribution in [0.5, 0.6) is 5.75 Å². The molecule has 3 unspecified atom stereocenters. The number of rotatable bonds is 4. The predicted molar refractivity (Wildman–Crippen MR) is 132 cm³/mol. The van der Waals surface area contributed by atoms with Crippen molar-refractivity contribution in [1.29, 1.82) is 0 Å². The summed E-state index contributed by atoms with van der Waals surface area (Å²) in [5.41, 5.74) is 3.14. The third-order valence-corrected chi connectivity index (χ3v) is 6.72. The second-order valence-electron chi connectivity index (χ2n) is 9.32. The minimum Gasteiger partial charge on any atom is -0.489 e. The maximum atomic E-state index is 12.8. The van der Waals surface area contributed by atoms with E-state index < -0.39 is 12.1 Å². The second-order valence-corrected chi connectivity index (χ2v) is 9.32. The molecule has 2 aliphatic rings. The van der Waals surface area contributed by atoms with Gasteiger partial charge in [-0.25, -0.2) is 9.78 Å². The number of aromatic amines is 1. The van der Waals surface area contributed by atoms with E-state index in [0.29, 0.717) is 18.9 Å². The van der Waals surface area contributed by atoms with Gasteiger partial charge >= 0.3 is 12.1 Å². The van der Waals surface area contributed by atoms with E-state index >= 15 is 0 Å². The molecule has 8 nitrogen and oxygen atoms in total. The van der Waals surface area contributed by atoms with Gasteiger partial charge in [-0.1, -0.05) is 30.7 Å². The van der Waals surface area contributed by atoms with Crippen molar-refractivity contribution in [3.05, 3.63) is 54.4 Å². The molecule has 0 saturated heterocycles. The Kier molecular flexibility index (Phi) is 7.89. The third-order valence-electron chi connectivity index (χ3n) is 6.72. The average molecular weight is 519 g/mol. The number of aliphatic carboxylic acids is 1. The summed E-state index contributed by atoms with van der Waals surface area (Å²) in [7, 11) is 2.04. The van der Waals surface area contributed by atoms with E-state index in [1.54, 1.807) is 0 Å². The molecular formula is C26H29F3N4O4. The number of nitrogens with one attached hydrogen (secondary N) is 2. The number of carbonyl (C=O) groups excluding carboxylic acids is 1. The lowest BCUT2D eigenvalue weighted by Gasteiger charge is -2.36. The summed E-state index contributed by atoms with van der Waals surface area (Å²) in [4.78, 5) is 32.1. The van der Waals surface area contributed by atoms with Crippen molar-refractivity contribution in [3.8, 4) is 5.75 Å². The maximum absolute atomic E-state index is 12.8. The van der Waals surface area contributed by atoms with Crippen LogP contribution in [-0.2, 0) is 9.59 Å². The molecule has 2 aromatic carbocycles. The number of ether oxygens (including phenoxy) is 1. The van der Waals surface area contributed by atoms with Crippen LogP contribution in [0.3, 0.4) is 0 Å². The van der Waals surface area contributed by atoms with Crippen molar-refractivity contribution < 1.29 is 32.6 Å². The number of hydrogen-bond acceptors (Lipinski definition) is 5. The molecule has 11 heteroatoms. The number of nitrogens with zero attached hydrogens (tertiary/aromatic N) is 2. The largest absolute Gasteiger partial charge is 0.490 e. The van der Waals surface area contributed by atoms with Gasteiger partial charge in [0, 0.05) is 19.0 Å². The first kappa shape index (κ1) is 26.3. The van der Waals surface area contributed by atoms with Crippen LogP contribution in [0.2, 0.25) is 0 Å². The summed E-state index contributed by atoms with van der Waals surface area (Å²) >= 11 is 0.